The van der Waals surface area contributed by atoms with E-state index in [-0.39, 0.29) is 34.1 Å². The van der Waals surface area contributed by atoms with Crippen LogP contribution in [0.4, 0.5) is 10.1 Å². The van der Waals surface area contributed by atoms with Crippen LogP contribution in [0.2, 0.25) is 0 Å². The minimum atomic E-state index is -1.16. The zero-order valence-corrected chi connectivity index (χ0v) is 16.8. The van der Waals surface area contributed by atoms with Crippen LogP contribution < -0.4 is 9.64 Å². The molecule has 1 fully saturated rings. The van der Waals surface area contributed by atoms with Gasteiger partial charge in [-0.15, -0.1) is 0 Å². The van der Waals surface area contributed by atoms with Gasteiger partial charge in [-0.2, -0.15) is 0 Å². The molecule has 1 atom stereocenters. The zero-order valence-electron chi connectivity index (χ0n) is 16.8. The Kier molecular flexibility index (Phi) is 5.28. The second-order valence-electron chi connectivity index (χ2n) is 7.09. The quantitative estimate of drug-likeness (QED) is 0.326. The normalized spacial score (nSPS) is 17.6. The number of halogens is 1. The number of nitrogens with zero attached hydrogens (tertiary/aromatic N) is 1. The van der Waals surface area contributed by atoms with Gasteiger partial charge in [0.2, 0.25) is 0 Å². The van der Waals surface area contributed by atoms with Crippen LogP contribution in [0.25, 0.3) is 5.76 Å². The summed E-state index contributed by atoms with van der Waals surface area (Å²) in [6.07, 6.45) is 0. The third-order valence-electron chi connectivity index (χ3n) is 5.21. The standard InChI is InChI=1S/C24H18FNO6/c1-32-19-11-8-14(25)12-16(19)22(29)20-21(13-6-9-15(27)10-7-13)26(24(31)23(20)30)17-4-2-3-5-18(17)28/h2-12,21,27-29H,1H3/b22-20+. The number of methoxy groups -OCH3 is 1. The largest absolute Gasteiger partial charge is 0.508 e. The molecule has 3 N–H and O–H groups in total. The second kappa shape index (κ2) is 8.07. The number of aliphatic hydroxyl groups excluding tert-OH is 1. The van der Waals surface area contributed by atoms with E-state index in [1.807, 2.05) is 0 Å². The molecular formula is C24H18FNO6. The van der Waals surface area contributed by atoms with E-state index in [4.69, 9.17) is 4.74 Å². The number of carbonyl (C=O) groups excluding carboxylic acids is 2. The molecule has 1 unspecified atom stereocenters. The summed E-state index contributed by atoms with van der Waals surface area (Å²) in [5.41, 5.74) is 0.0134. The molecule has 1 heterocycles. The fraction of sp³-hybridized carbons (Fsp3) is 0.0833. The molecule has 0 radical (unpaired) electrons. The van der Waals surface area contributed by atoms with Gasteiger partial charge in [-0.05, 0) is 48.0 Å². The van der Waals surface area contributed by atoms with Crippen LogP contribution in [0.5, 0.6) is 17.2 Å². The molecule has 0 aromatic heterocycles. The first kappa shape index (κ1) is 20.9. The molecule has 0 saturated carbocycles. The van der Waals surface area contributed by atoms with Crippen LogP contribution >= 0.6 is 0 Å². The Morgan fingerprint density at radius 3 is 2.34 bits per heavy atom. The van der Waals surface area contributed by atoms with E-state index in [9.17, 15) is 29.3 Å². The van der Waals surface area contributed by atoms with Crippen molar-refractivity contribution in [1.82, 2.24) is 0 Å². The predicted octanol–water partition coefficient (Wildman–Crippen LogP) is 3.87. The van der Waals surface area contributed by atoms with Gasteiger partial charge < -0.3 is 20.1 Å². The van der Waals surface area contributed by atoms with E-state index >= 15 is 0 Å². The number of aromatic hydroxyl groups is 2. The van der Waals surface area contributed by atoms with Crippen LogP contribution in [0.1, 0.15) is 17.2 Å². The van der Waals surface area contributed by atoms with Crippen molar-refractivity contribution in [2.24, 2.45) is 0 Å². The molecule has 0 spiro atoms. The maximum absolute atomic E-state index is 14.0. The molecule has 4 rings (SSSR count). The molecule has 0 bridgehead atoms. The number of hydrogen-bond acceptors (Lipinski definition) is 6. The Labute approximate surface area is 182 Å². The van der Waals surface area contributed by atoms with Gasteiger partial charge in [0.05, 0.1) is 30.0 Å². The lowest BCUT2D eigenvalue weighted by Crippen LogP contribution is -2.29. The van der Waals surface area contributed by atoms with Crippen molar-refractivity contribution in [2.75, 3.05) is 12.0 Å². The number of aliphatic hydroxyl groups is 1. The third-order valence-corrected chi connectivity index (χ3v) is 5.21. The van der Waals surface area contributed by atoms with Crippen molar-refractivity contribution in [2.45, 2.75) is 6.04 Å². The molecule has 162 valence electrons. The van der Waals surface area contributed by atoms with E-state index in [1.165, 1.54) is 49.6 Å². The maximum atomic E-state index is 14.0. The van der Waals surface area contributed by atoms with Crippen molar-refractivity contribution >= 4 is 23.1 Å². The molecule has 32 heavy (non-hydrogen) atoms. The Hall–Kier alpha value is -4.33. The summed E-state index contributed by atoms with van der Waals surface area (Å²) in [5.74, 6) is -3.50. The highest BCUT2D eigenvalue weighted by atomic mass is 19.1. The van der Waals surface area contributed by atoms with Gasteiger partial charge in [-0.1, -0.05) is 24.3 Å². The molecule has 3 aromatic rings. The smallest absolute Gasteiger partial charge is 0.300 e. The number of rotatable bonds is 4. The van der Waals surface area contributed by atoms with Gasteiger partial charge in [-0.25, -0.2) is 4.39 Å². The fourth-order valence-electron chi connectivity index (χ4n) is 3.73. The molecule has 0 aliphatic carbocycles. The maximum Gasteiger partial charge on any atom is 0.300 e. The van der Waals surface area contributed by atoms with Gasteiger partial charge in [-0.3, -0.25) is 14.5 Å². The van der Waals surface area contributed by atoms with Crippen LogP contribution in [0.15, 0.2) is 72.3 Å². The lowest BCUT2D eigenvalue weighted by atomic mass is 9.94. The summed E-state index contributed by atoms with van der Waals surface area (Å²) in [4.78, 5) is 27.2. The lowest BCUT2D eigenvalue weighted by Gasteiger charge is -2.26. The average Bonchev–Trinajstić information content (AvgIpc) is 3.04. The van der Waals surface area contributed by atoms with Crippen LogP contribution in [-0.4, -0.2) is 34.1 Å². The third kappa shape index (κ3) is 3.41. The Balaban J connectivity index is 2.01. The van der Waals surface area contributed by atoms with E-state index in [0.29, 0.717) is 5.56 Å². The molecule has 8 heteroatoms. The Morgan fingerprint density at radius 1 is 1.00 bits per heavy atom. The first-order chi connectivity index (χ1) is 15.3. The lowest BCUT2D eigenvalue weighted by molar-refractivity contribution is -0.132. The number of amides is 1. The van der Waals surface area contributed by atoms with Crippen molar-refractivity contribution in [1.29, 1.82) is 0 Å². The molecular weight excluding hydrogens is 417 g/mol. The zero-order chi connectivity index (χ0) is 23.0. The SMILES string of the molecule is COc1ccc(F)cc1/C(O)=C1\C(=O)C(=O)N(c2ccccc2O)C1c1ccc(O)cc1. The van der Waals surface area contributed by atoms with E-state index in [2.05, 4.69) is 0 Å². The molecule has 1 amide bonds. The topological polar surface area (TPSA) is 107 Å². The summed E-state index contributed by atoms with van der Waals surface area (Å²) < 4.78 is 19.1. The monoisotopic (exact) mass is 435 g/mol. The van der Waals surface area contributed by atoms with Crippen LogP contribution in [0, 0.1) is 5.82 Å². The van der Waals surface area contributed by atoms with Crippen molar-refractivity contribution in [3.8, 4) is 17.2 Å². The summed E-state index contributed by atoms with van der Waals surface area (Å²) in [7, 11) is 1.32. The highest BCUT2D eigenvalue weighted by Gasteiger charge is 2.47. The van der Waals surface area contributed by atoms with Crippen molar-refractivity contribution in [3.63, 3.8) is 0 Å². The minimum absolute atomic E-state index is 0.0416. The first-order valence-electron chi connectivity index (χ1n) is 9.55. The molecule has 1 aliphatic rings. The number of ether oxygens (including phenoxy) is 1. The number of hydrogen-bond donors (Lipinski definition) is 3. The summed E-state index contributed by atoms with van der Waals surface area (Å²) in [5, 5.41) is 31.1. The number of Topliss-reactive ketones (excluding diaryl/α,β-unsaturated/α-hetero) is 1. The Bertz CT molecular complexity index is 1250. The van der Waals surface area contributed by atoms with Gasteiger partial charge in [0, 0.05) is 0 Å². The number of phenols is 2. The molecule has 1 saturated heterocycles. The summed E-state index contributed by atoms with van der Waals surface area (Å²) in [6, 6.07) is 13.9. The van der Waals surface area contributed by atoms with Gasteiger partial charge in [0.25, 0.3) is 11.7 Å². The Morgan fingerprint density at radius 2 is 1.69 bits per heavy atom. The van der Waals surface area contributed by atoms with E-state index in [0.717, 1.165) is 17.0 Å². The highest BCUT2D eigenvalue weighted by molar-refractivity contribution is 6.52. The first-order valence-corrected chi connectivity index (χ1v) is 9.55. The molecule has 3 aromatic carbocycles. The van der Waals surface area contributed by atoms with Crippen LogP contribution in [-0.2, 0) is 9.59 Å². The van der Waals surface area contributed by atoms with Gasteiger partial charge in [0.15, 0.2) is 0 Å². The average molecular weight is 435 g/mol. The van der Waals surface area contributed by atoms with Crippen molar-refractivity contribution < 1.29 is 34.0 Å². The number of ketones is 1. The van der Waals surface area contributed by atoms with Gasteiger partial charge >= 0.3 is 0 Å². The van der Waals surface area contributed by atoms with E-state index < -0.39 is 29.3 Å². The number of carbonyl (C=O) groups is 2. The number of benzene rings is 3. The predicted molar refractivity (Wildman–Crippen MR) is 114 cm³/mol. The van der Waals surface area contributed by atoms with Crippen molar-refractivity contribution in [3.05, 3.63) is 89.2 Å². The highest BCUT2D eigenvalue weighted by Crippen LogP contribution is 2.45. The second-order valence-corrected chi connectivity index (χ2v) is 7.09. The number of anilines is 1. The minimum Gasteiger partial charge on any atom is -0.508 e. The summed E-state index contributed by atoms with van der Waals surface area (Å²) in [6.45, 7) is 0. The van der Waals surface area contributed by atoms with Gasteiger partial charge in [0.1, 0.15) is 28.8 Å². The van der Waals surface area contributed by atoms with Crippen LogP contribution in [0.3, 0.4) is 0 Å². The molecule has 7 nitrogen and oxygen atoms in total. The number of phenolic OH excluding ortho intramolecular Hbond substituents is 2. The molecule has 1 aliphatic heterocycles. The fourth-order valence-corrected chi connectivity index (χ4v) is 3.73. The van der Waals surface area contributed by atoms with E-state index in [1.54, 1.807) is 12.1 Å². The number of para-hydroxylation sites is 2. The summed E-state index contributed by atoms with van der Waals surface area (Å²) >= 11 is 0.